The van der Waals surface area contributed by atoms with Gasteiger partial charge in [-0.25, -0.2) is 4.98 Å². The Labute approximate surface area is 91.5 Å². The molecule has 6 heteroatoms. The van der Waals surface area contributed by atoms with Crippen LogP contribution < -0.4 is 11.3 Å². The molecule has 0 spiro atoms. The molecule has 1 aliphatic rings. The Morgan fingerprint density at radius 2 is 2.12 bits per heavy atom. The van der Waals surface area contributed by atoms with Crippen LogP contribution in [0.4, 0.5) is 5.95 Å². The predicted octanol–water partition coefficient (Wildman–Crippen LogP) is 0.657. The lowest BCUT2D eigenvalue weighted by molar-refractivity contribution is 0.690. The first-order chi connectivity index (χ1) is 7.74. The molecule has 1 fully saturated rings. The smallest absolute Gasteiger partial charge is 0.274 e. The molecule has 0 unspecified atom stereocenters. The van der Waals surface area contributed by atoms with E-state index in [1.807, 2.05) is 0 Å². The van der Waals surface area contributed by atoms with Crippen molar-refractivity contribution < 1.29 is 0 Å². The van der Waals surface area contributed by atoms with Crippen LogP contribution in [0.15, 0.2) is 10.9 Å². The average molecular weight is 219 g/mol. The van der Waals surface area contributed by atoms with Crippen LogP contribution in [0.25, 0.3) is 5.78 Å². The molecule has 0 radical (unpaired) electrons. The summed E-state index contributed by atoms with van der Waals surface area (Å²) < 4.78 is 1.27. The third-order valence-electron chi connectivity index (χ3n) is 3.14. The SMILES string of the molecule is Nc1nc2nc(C3CCCC3)cc(=O)n2[nH]1. The summed E-state index contributed by atoms with van der Waals surface area (Å²) >= 11 is 0. The Hall–Kier alpha value is -1.85. The third kappa shape index (κ3) is 1.37. The molecule has 0 atom stereocenters. The standard InChI is InChI=1S/C10H13N5O/c11-9-13-10-12-7(6-3-1-2-4-6)5-8(16)15(10)14-9/h5-6H,1-4H2,(H3,11,12,13,14). The van der Waals surface area contributed by atoms with Gasteiger partial charge in [-0.05, 0) is 12.8 Å². The minimum Gasteiger partial charge on any atom is -0.368 e. The lowest BCUT2D eigenvalue weighted by Crippen LogP contribution is -2.16. The number of aromatic nitrogens is 4. The van der Waals surface area contributed by atoms with Crippen molar-refractivity contribution >= 4 is 11.7 Å². The van der Waals surface area contributed by atoms with Gasteiger partial charge in [0, 0.05) is 12.0 Å². The molecule has 1 saturated carbocycles. The van der Waals surface area contributed by atoms with E-state index in [1.54, 1.807) is 6.07 Å². The predicted molar refractivity (Wildman–Crippen MR) is 59.2 cm³/mol. The van der Waals surface area contributed by atoms with Gasteiger partial charge in [0.25, 0.3) is 11.3 Å². The average Bonchev–Trinajstić information content (AvgIpc) is 2.84. The fourth-order valence-corrected chi connectivity index (χ4v) is 2.35. The highest BCUT2D eigenvalue weighted by atomic mass is 16.1. The molecule has 16 heavy (non-hydrogen) atoms. The molecule has 84 valence electrons. The largest absolute Gasteiger partial charge is 0.368 e. The summed E-state index contributed by atoms with van der Waals surface area (Å²) in [4.78, 5) is 20.1. The molecular formula is C10H13N5O. The molecule has 0 bridgehead atoms. The summed E-state index contributed by atoms with van der Waals surface area (Å²) in [6.07, 6.45) is 4.66. The van der Waals surface area contributed by atoms with Crippen LogP contribution in [-0.2, 0) is 0 Å². The monoisotopic (exact) mass is 219 g/mol. The van der Waals surface area contributed by atoms with Crippen LogP contribution in [0.1, 0.15) is 37.3 Å². The number of nitrogens with zero attached hydrogens (tertiary/aromatic N) is 3. The van der Waals surface area contributed by atoms with Gasteiger partial charge in [0.1, 0.15) is 0 Å². The normalized spacial score (nSPS) is 17.2. The van der Waals surface area contributed by atoms with Crippen LogP contribution >= 0.6 is 0 Å². The molecule has 2 aromatic heterocycles. The number of anilines is 1. The van der Waals surface area contributed by atoms with Gasteiger partial charge < -0.3 is 5.73 Å². The maximum absolute atomic E-state index is 11.8. The Morgan fingerprint density at radius 3 is 2.88 bits per heavy atom. The number of hydrogen-bond donors (Lipinski definition) is 2. The molecule has 3 N–H and O–H groups in total. The fourth-order valence-electron chi connectivity index (χ4n) is 2.35. The van der Waals surface area contributed by atoms with Gasteiger partial charge in [0.2, 0.25) is 5.95 Å². The quantitative estimate of drug-likeness (QED) is 0.737. The molecule has 6 nitrogen and oxygen atoms in total. The Morgan fingerprint density at radius 1 is 1.38 bits per heavy atom. The minimum atomic E-state index is -0.142. The van der Waals surface area contributed by atoms with E-state index in [9.17, 15) is 4.79 Å². The highest BCUT2D eigenvalue weighted by molar-refractivity contribution is 5.34. The maximum Gasteiger partial charge on any atom is 0.274 e. The van der Waals surface area contributed by atoms with Gasteiger partial charge in [-0.15, -0.1) is 0 Å². The number of fused-ring (bicyclic) bond motifs is 1. The van der Waals surface area contributed by atoms with Crippen molar-refractivity contribution in [1.82, 2.24) is 19.6 Å². The van der Waals surface area contributed by atoms with Crippen molar-refractivity contribution in [1.29, 1.82) is 0 Å². The molecule has 0 amide bonds. The van der Waals surface area contributed by atoms with Crippen LogP contribution in [0.5, 0.6) is 0 Å². The zero-order valence-electron chi connectivity index (χ0n) is 8.81. The number of nitrogens with two attached hydrogens (primary N) is 1. The lowest BCUT2D eigenvalue weighted by Gasteiger charge is -2.06. The maximum atomic E-state index is 11.8. The fraction of sp³-hybridized carbons (Fsp3) is 0.500. The second-order valence-electron chi connectivity index (χ2n) is 4.24. The zero-order valence-corrected chi connectivity index (χ0v) is 8.81. The van der Waals surface area contributed by atoms with Crippen molar-refractivity contribution in [2.45, 2.75) is 31.6 Å². The second-order valence-corrected chi connectivity index (χ2v) is 4.24. The van der Waals surface area contributed by atoms with Crippen molar-refractivity contribution in [3.63, 3.8) is 0 Å². The summed E-state index contributed by atoms with van der Waals surface area (Å²) in [7, 11) is 0. The number of aromatic amines is 1. The Kier molecular flexibility index (Phi) is 1.95. The van der Waals surface area contributed by atoms with Gasteiger partial charge in [-0.3, -0.25) is 9.89 Å². The Balaban J connectivity index is 2.16. The molecule has 2 aromatic rings. The highest BCUT2D eigenvalue weighted by Crippen LogP contribution is 2.32. The van der Waals surface area contributed by atoms with E-state index >= 15 is 0 Å². The lowest BCUT2D eigenvalue weighted by atomic mass is 10.0. The molecule has 0 aromatic carbocycles. The van der Waals surface area contributed by atoms with E-state index in [2.05, 4.69) is 15.1 Å². The van der Waals surface area contributed by atoms with Crippen LogP contribution in [0.3, 0.4) is 0 Å². The summed E-state index contributed by atoms with van der Waals surface area (Å²) in [5.41, 5.74) is 6.21. The molecule has 0 saturated heterocycles. The van der Waals surface area contributed by atoms with E-state index in [0.29, 0.717) is 11.7 Å². The first kappa shape index (κ1) is 9.38. The summed E-state index contributed by atoms with van der Waals surface area (Å²) in [6.45, 7) is 0. The number of rotatable bonds is 1. The third-order valence-corrected chi connectivity index (χ3v) is 3.14. The number of nitrogen functional groups attached to an aromatic ring is 1. The topological polar surface area (TPSA) is 89.1 Å². The summed E-state index contributed by atoms with van der Waals surface area (Å²) in [5, 5.41) is 2.65. The van der Waals surface area contributed by atoms with Gasteiger partial charge in [0.15, 0.2) is 0 Å². The van der Waals surface area contributed by atoms with E-state index < -0.39 is 0 Å². The van der Waals surface area contributed by atoms with Gasteiger partial charge in [-0.1, -0.05) is 12.8 Å². The van der Waals surface area contributed by atoms with Crippen molar-refractivity contribution in [2.24, 2.45) is 0 Å². The molecule has 2 heterocycles. The van der Waals surface area contributed by atoms with E-state index in [0.717, 1.165) is 18.5 Å². The number of H-pyrrole nitrogens is 1. The summed E-state index contributed by atoms with van der Waals surface area (Å²) in [6, 6.07) is 1.58. The number of hydrogen-bond acceptors (Lipinski definition) is 4. The van der Waals surface area contributed by atoms with Crippen LogP contribution in [0, 0.1) is 0 Å². The van der Waals surface area contributed by atoms with Gasteiger partial charge in [0.05, 0.1) is 5.69 Å². The van der Waals surface area contributed by atoms with Crippen LogP contribution in [0.2, 0.25) is 0 Å². The van der Waals surface area contributed by atoms with E-state index in [-0.39, 0.29) is 11.5 Å². The molecular weight excluding hydrogens is 206 g/mol. The summed E-state index contributed by atoms with van der Waals surface area (Å²) in [5.74, 6) is 0.996. The Bertz CT molecular complexity index is 578. The van der Waals surface area contributed by atoms with Crippen molar-refractivity contribution in [3.8, 4) is 0 Å². The van der Waals surface area contributed by atoms with E-state index in [4.69, 9.17) is 5.73 Å². The number of nitrogens with one attached hydrogen (secondary N) is 1. The van der Waals surface area contributed by atoms with Gasteiger partial charge in [-0.2, -0.15) is 9.50 Å². The first-order valence-corrected chi connectivity index (χ1v) is 5.49. The second kappa shape index (κ2) is 3.33. The molecule has 1 aliphatic carbocycles. The van der Waals surface area contributed by atoms with Crippen molar-refractivity contribution in [3.05, 3.63) is 22.1 Å². The van der Waals surface area contributed by atoms with Crippen molar-refractivity contribution in [2.75, 3.05) is 5.73 Å². The zero-order chi connectivity index (χ0) is 11.1. The van der Waals surface area contributed by atoms with E-state index in [1.165, 1.54) is 17.4 Å². The molecule has 0 aliphatic heterocycles. The first-order valence-electron chi connectivity index (χ1n) is 5.49. The van der Waals surface area contributed by atoms with Gasteiger partial charge >= 0.3 is 0 Å². The highest BCUT2D eigenvalue weighted by Gasteiger charge is 2.20. The molecule has 3 rings (SSSR count). The minimum absolute atomic E-state index is 0.142. The van der Waals surface area contributed by atoms with Crippen LogP contribution in [-0.4, -0.2) is 19.6 Å².